The molecule has 0 radical (unpaired) electrons. The van der Waals surface area contributed by atoms with Gasteiger partial charge in [-0.25, -0.2) is 4.79 Å². The van der Waals surface area contributed by atoms with E-state index in [0.717, 1.165) is 5.56 Å². The summed E-state index contributed by atoms with van der Waals surface area (Å²) < 4.78 is 4.69. The van der Waals surface area contributed by atoms with Crippen molar-refractivity contribution < 1.29 is 19.1 Å². The summed E-state index contributed by atoms with van der Waals surface area (Å²) in [4.78, 5) is 36.1. The number of carbonyl (C=O) groups is 3. The van der Waals surface area contributed by atoms with Crippen molar-refractivity contribution in [1.82, 2.24) is 0 Å². The Labute approximate surface area is 136 Å². The SMILES string of the molecule is COC(=O)c1ccsc1NC(=O)[C@@H]1CC(=O)Nc2ccccc21. The standard InChI is InChI=1S/C16H14N2O4S/c1-22-16(21)10-6-7-23-15(10)18-14(20)11-8-13(19)17-12-5-3-2-4-9(11)12/h2-7,11H,8H2,1H3,(H,17,19)(H,18,20)/t11-/m1/s1. The first-order valence-corrected chi connectivity index (χ1v) is 7.83. The van der Waals surface area contributed by atoms with Gasteiger partial charge in [0, 0.05) is 12.1 Å². The molecule has 6 nitrogen and oxygen atoms in total. The largest absolute Gasteiger partial charge is 0.465 e. The number of esters is 1. The molecule has 2 amide bonds. The molecule has 0 aliphatic carbocycles. The van der Waals surface area contributed by atoms with Crippen LogP contribution in [0.1, 0.15) is 28.3 Å². The molecule has 0 saturated heterocycles. The molecule has 7 heteroatoms. The first kappa shape index (κ1) is 15.2. The number of anilines is 2. The zero-order chi connectivity index (χ0) is 16.4. The number of benzene rings is 1. The van der Waals surface area contributed by atoms with E-state index in [2.05, 4.69) is 15.4 Å². The fourth-order valence-corrected chi connectivity index (χ4v) is 3.30. The number of hydrogen-bond donors (Lipinski definition) is 2. The first-order valence-electron chi connectivity index (χ1n) is 6.95. The minimum absolute atomic E-state index is 0.0712. The van der Waals surface area contributed by atoms with Crippen LogP contribution in [0.3, 0.4) is 0 Å². The highest BCUT2D eigenvalue weighted by atomic mass is 32.1. The lowest BCUT2D eigenvalue weighted by Gasteiger charge is -2.24. The number of thiophene rings is 1. The number of hydrogen-bond acceptors (Lipinski definition) is 5. The Kier molecular flexibility index (Phi) is 4.12. The molecule has 1 aromatic carbocycles. The highest BCUT2D eigenvalue weighted by Crippen LogP contribution is 2.34. The first-order chi connectivity index (χ1) is 11.1. The third-order valence-electron chi connectivity index (χ3n) is 3.62. The van der Waals surface area contributed by atoms with E-state index >= 15 is 0 Å². The van der Waals surface area contributed by atoms with Gasteiger partial charge in [-0.2, -0.15) is 0 Å². The van der Waals surface area contributed by atoms with Crippen molar-refractivity contribution in [3.05, 3.63) is 46.8 Å². The zero-order valence-electron chi connectivity index (χ0n) is 12.3. The van der Waals surface area contributed by atoms with Gasteiger partial charge in [-0.3, -0.25) is 9.59 Å². The molecule has 0 spiro atoms. The quantitative estimate of drug-likeness (QED) is 0.847. The Hall–Kier alpha value is -2.67. The second-order valence-electron chi connectivity index (χ2n) is 5.04. The molecule has 0 unspecified atom stereocenters. The van der Waals surface area contributed by atoms with E-state index in [0.29, 0.717) is 16.3 Å². The van der Waals surface area contributed by atoms with E-state index in [1.165, 1.54) is 18.4 Å². The lowest BCUT2D eigenvalue weighted by Crippen LogP contribution is -2.30. The third kappa shape index (κ3) is 2.95. The van der Waals surface area contributed by atoms with E-state index in [4.69, 9.17) is 0 Å². The summed E-state index contributed by atoms with van der Waals surface area (Å²) in [5, 5.41) is 7.61. The Morgan fingerprint density at radius 3 is 2.87 bits per heavy atom. The van der Waals surface area contributed by atoms with Crippen LogP contribution in [0.15, 0.2) is 35.7 Å². The predicted octanol–water partition coefficient (Wildman–Crippen LogP) is 2.60. The molecule has 0 saturated carbocycles. The van der Waals surface area contributed by atoms with Gasteiger partial charge in [0.2, 0.25) is 11.8 Å². The van der Waals surface area contributed by atoms with Crippen molar-refractivity contribution in [1.29, 1.82) is 0 Å². The van der Waals surface area contributed by atoms with Crippen LogP contribution in [-0.4, -0.2) is 24.9 Å². The summed E-state index contributed by atoms with van der Waals surface area (Å²) in [6.07, 6.45) is 0.0712. The van der Waals surface area contributed by atoms with Gasteiger partial charge in [-0.15, -0.1) is 11.3 Å². The maximum Gasteiger partial charge on any atom is 0.340 e. The molecule has 1 atom stereocenters. The normalized spacial score (nSPS) is 16.2. The molecule has 2 N–H and O–H groups in total. The molecule has 1 aliphatic heterocycles. The van der Waals surface area contributed by atoms with Crippen LogP contribution in [0.5, 0.6) is 0 Å². The lowest BCUT2D eigenvalue weighted by atomic mass is 9.90. The molecule has 0 fully saturated rings. The van der Waals surface area contributed by atoms with Gasteiger partial charge >= 0.3 is 5.97 Å². The number of methoxy groups -OCH3 is 1. The molecule has 1 aromatic heterocycles. The van der Waals surface area contributed by atoms with Gasteiger partial charge in [0.25, 0.3) is 0 Å². The molecular weight excluding hydrogens is 316 g/mol. The number of carbonyl (C=O) groups excluding carboxylic acids is 3. The van der Waals surface area contributed by atoms with Gasteiger partial charge in [-0.1, -0.05) is 18.2 Å². The Morgan fingerprint density at radius 1 is 1.30 bits per heavy atom. The molecule has 0 bridgehead atoms. The molecule has 1 aliphatic rings. The van der Waals surface area contributed by atoms with Crippen LogP contribution in [0.2, 0.25) is 0 Å². The Bertz CT molecular complexity index is 784. The van der Waals surface area contributed by atoms with E-state index in [-0.39, 0.29) is 18.2 Å². The molecule has 2 aromatic rings. The second kappa shape index (κ2) is 6.21. The van der Waals surface area contributed by atoms with E-state index in [1.54, 1.807) is 23.6 Å². The summed E-state index contributed by atoms with van der Waals surface area (Å²) in [6, 6.07) is 8.79. The van der Waals surface area contributed by atoms with Crippen LogP contribution in [-0.2, 0) is 14.3 Å². The topological polar surface area (TPSA) is 84.5 Å². The number of ether oxygens (including phenoxy) is 1. The van der Waals surface area contributed by atoms with E-state index in [9.17, 15) is 14.4 Å². The van der Waals surface area contributed by atoms with Crippen molar-refractivity contribution in [3.8, 4) is 0 Å². The minimum atomic E-state index is -0.590. The average Bonchev–Trinajstić information content (AvgIpc) is 3.01. The number of para-hydroxylation sites is 1. The maximum absolute atomic E-state index is 12.6. The Balaban J connectivity index is 1.86. The Morgan fingerprint density at radius 2 is 2.09 bits per heavy atom. The van der Waals surface area contributed by atoms with Gasteiger partial charge in [0.05, 0.1) is 18.6 Å². The number of nitrogens with one attached hydrogen (secondary N) is 2. The van der Waals surface area contributed by atoms with Crippen LogP contribution in [0.4, 0.5) is 10.7 Å². The molecule has 3 rings (SSSR count). The van der Waals surface area contributed by atoms with Gasteiger partial charge in [-0.05, 0) is 23.1 Å². The van der Waals surface area contributed by atoms with Gasteiger partial charge in [0.15, 0.2) is 0 Å². The van der Waals surface area contributed by atoms with Crippen LogP contribution in [0, 0.1) is 0 Å². The van der Waals surface area contributed by atoms with Crippen molar-refractivity contribution in [2.24, 2.45) is 0 Å². The molecular formula is C16H14N2O4S. The summed E-state index contributed by atoms with van der Waals surface area (Å²) in [5.41, 5.74) is 1.71. The lowest BCUT2D eigenvalue weighted by molar-refractivity contribution is -0.123. The van der Waals surface area contributed by atoms with Crippen LogP contribution < -0.4 is 10.6 Å². The second-order valence-corrected chi connectivity index (χ2v) is 5.95. The van der Waals surface area contributed by atoms with E-state index in [1.807, 2.05) is 12.1 Å². The summed E-state index contributed by atoms with van der Waals surface area (Å²) in [6.45, 7) is 0. The third-order valence-corrected chi connectivity index (χ3v) is 4.45. The summed E-state index contributed by atoms with van der Waals surface area (Å²) >= 11 is 1.23. The van der Waals surface area contributed by atoms with Crippen molar-refractivity contribution >= 4 is 39.8 Å². The summed E-state index contributed by atoms with van der Waals surface area (Å²) in [7, 11) is 1.29. The smallest absolute Gasteiger partial charge is 0.340 e. The van der Waals surface area contributed by atoms with Crippen molar-refractivity contribution in [3.63, 3.8) is 0 Å². The fourth-order valence-electron chi connectivity index (χ4n) is 2.52. The fraction of sp³-hybridized carbons (Fsp3) is 0.188. The molecule has 23 heavy (non-hydrogen) atoms. The highest BCUT2D eigenvalue weighted by Gasteiger charge is 2.31. The van der Waals surface area contributed by atoms with Crippen LogP contribution >= 0.6 is 11.3 Å². The minimum Gasteiger partial charge on any atom is -0.465 e. The predicted molar refractivity (Wildman–Crippen MR) is 86.7 cm³/mol. The molecule has 2 heterocycles. The van der Waals surface area contributed by atoms with Crippen molar-refractivity contribution in [2.45, 2.75) is 12.3 Å². The number of rotatable bonds is 3. The average molecular weight is 330 g/mol. The number of fused-ring (bicyclic) bond motifs is 1. The summed E-state index contributed by atoms with van der Waals surface area (Å²) in [5.74, 6) is -1.63. The van der Waals surface area contributed by atoms with Gasteiger partial charge < -0.3 is 15.4 Å². The van der Waals surface area contributed by atoms with Gasteiger partial charge in [0.1, 0.15) is 5.00 Å². The van der Waals surface area contributed by atoms with E-state index < -0.39 is 11.9 Å². The van der Waals surface area contributed by atoms with Crippen LogP contribution in [0.25, 0.3) is 0 Å². The maximum atomic E-state index is 12.6. The monoisotopic (exact) mass is 330 g/mol. The highest BCUT2D eigenvalue weighted by molar-refractivity contribution is 7.14. The van der Waals surface area contributed by atoms with Crippen molar-refractivity contribution in [2.75, 3.05) is 17.7 Å². The zero-order valence-corrected chi connectivity index (χ0v) is 13.1. The molecule has 118 valence electrons. The number of amides is 2.